The van der Waals surface area contributed by atoms with E-state index in [1.807, 2.05) is 32.9 Å². The topological polar surface area (TPSA) is 21.6 Å². The molecule has 0 heterocycles. The number of rotatable bonds is 6. The highest BCUT2D eigenvalue weighted by atomic mass is 32.1. The van der Waals surface area contributed by atoms with Crippen molar-refractivity contribution in [3.8, 4) is 0 Å². The predicted molar refractivity (Wildman–Crippen MR) is 83.4 cm³/mol. The number of hydrogen-bond donors (Lipinski definition) is 0. The van der Waals surface area contributed by atoms with Gasteiger partial charge in [-0.05, 0) is 51.3 Å². The lowest BCUT2D eigenvalue weighted by atomic mass is 9.99. The van der Waals surface area contributed by atoms with Crippen molar-refractivity contribution in [2.45, 2.75) is 46.1 Å². The third kappa shape index (κ3) is 5.97. The molecule has 0 aliphatic carbocycles. The van der Waals surface area contributed by atoms with Gasteiger partial charge in [0.25, 0.3) is 0 Å². The number of ether oxygens (including phenoxy) is 1. The molecule has 0 radical (unpaired) electrons. The molecule has 104 valence electrons. The molecular weight excluding hydrogens is 254 g/mol. The second-order valence-corrected chi connectivity index (χ2v) is 6.06. The van der Waals surface area contributed by atoms with Gasteiger partial charge in [0.1, 0.15) is 5.60 Å². The van der Waals surface area contributed by atoms with E-state index in [0.29, 0.717) is 5.92 Å². The Morgan fingerprint density at radius 1 is 1.32 bits per heavy atom. The molecule has 0 N–H and O–H groups in total. The minimum atomic E-state index is -0.169. The van der Waals surface area contributed by atoms with E-state index in [9.17, 15) is 0 Å². The number of aryl methyl sites for hydroxylation is 1. The maximum atomic E-state index is 5.80. The summed E-state index contributed by atoms with van der Waals surface area (Å²) in [6, 6.07) is 8.05. The molecule has 1 aromatic rings. The van der Waals surface area contributed by atoms with E-state index in [2.05, 4.69) is 42.4 Å². The monoisotopic (exact) mass is 277 g/mol. The van der Waals surface area contributed by atoms with Crippen molar-refractivity contribution < 1.29 is 4.74 Å². The summed E-state index contributed by atoms with van der Waals surface area (Å²) in [5, 5.41) is 0. The molecule has 0 aliphatic heterocycles. The van der Waals surface area contributed by atoms with Gasteiger partial charge < -0.3 is 4.74 Å². The fourth-order valence-corrected chi connectivity index (χ4v) is 1.88. The van der Waals surface area contributed by atoms with Gasteiger partial charge >= 0.3 is 0 Å². The van der Waals surface area contributed by atoms with Crippen LogP contribution in [0.2, 0.25) is 0 Å². The molecule has 1 atom stereocenters. The molecule has 19 heavy (non-hydrogen) atoms. The summed E-state index contributed by atoms with van der Waals surface area (Å²) in [7, 11) is 0. The quantitative estimate of drug-likeness (QED) is 0.686. The van der Waals surface area contributed by atoms with Crippen LogP contribution in [0.25, 0.3) is 0 Å². The van der Waals surface area contributed by atoms with E-state index in [4.69, 9.17) is 4.74 Å². The van der Waals surface area contributed by atoms with Crippen LogP contribution in [-0.2, 0) is 23.6 Å². The minimum absolute atomic E-state index is 0.169. The van der Waals surface area contributed by atoms with E-state index in [-0.39, 0.29) is 5.60 Å². The van der Waals surface area contributed by atoms with Crippen LogP contribution in [0.3, 0.4) is 0 Å². The van der Waals surface area contributed by atoms with Gasteiger partial charge in [0.15, 0.2) is 0 Å². The molecule has 0 bridgehead atoms. The van der Waals surface area contributed by atoms with Gasteiger partial charge in [-0.1, -0.05) is 25.6 Å². The Kier molecular flexibility index (Phi) is 5.67. The molecular formula is C16H23NOS. The smallest absolute Gasteiger partial charge is 0.100 e. The molecule has 0 saturated carbocycles. The van der Waals surface area contributed by atoms with Crippen LogP contribution in [0.4, 0.5) is 5.69 Å². The maximum absolute atomic E-state index is 5.80. The van der Waals surface area contributed by atoms with Crippen LogP contribution in [0.5, 0.6) is 0 Å². The summed E-state index contributed by atoms with van der Waals surface area (Å²) in [6.45, 7) is 12.3. The zero-order valence-electron chi connectivity index (χ0n) is 12.3. The molecule has 2 nitrogen and oxygen atoms in total. The lowest BCUT2D eigenvalue weighted by Crippen LogP contribution is -2.21. The summed E-state index contributed by atoms with van der Waals surface area (Å²) in [4.78, 5) is 0. The van der Waals surface area contributed by atoms with Crippen LogP contribution < -0.4 is 0 Å². The molecule has 0 spiro atoms. The predicted octanol–water partition coefficient (Wildman–Crippen LogP) is 4.95. The standard InChI is InChI=1S/C16H23NOS/c1-12(13(2)18-16(3,4)5)6-7-14-8-10-15(17-19)11-9-14/h8-12H,2,6-7H2,1,3-5H3. The normalized spacial score (nSPS) is 12.8. The van der Waals surface area contributed by atoms with Gasteiger partial charge in [0, 0.05) is 18.3 Å². The Labute approximate surface area is 122 Å². The van der Waals surface area contributed by atoms with Gasteiger partial charge in [-0.3, -0.25) is 0 Å². The second kappa shape index (κ2) is 6.80. The number of hydrogen-bond acceptors (Lipinski definition) is 3. The third-order valence-corrected chi connectivity index (χ3v) is 3.11. The number of nitrogens with zero attached hydrogens (tertiary/aromatic N) is 1. The average molecular weight is 277 g/mol. The summed E-state index contributed by atoms with van der Waals surface area (Å²) < 4.78 is 9.53. The summed E-state index contributed by atoms with van der Waals surface area (Å²) in [5.74, 6) is 1.22. The molecule has 3 heteroatoms. The Bertz CT molecular complexity index is 431. The van der Waals surface area contributed by atoms with Gasteiger partial charge in [0.2, 0.25) is 0 Å². The Balaban J connectivity index is 2.46. The van der Waals surface area contributed by atoms with E-state index >= 15 is 0 Å². The van der Waals surface area contributed by atoms with E-state index in [1.165, 1.54) is 5.56 Å². The van der Waals surface area contributed by atoms with Crippen molar-refractivity contribution in [3.05, 3.63) is 42.2 Å². The van der Waals surface area contributed by atoms with Crippen molar-refractivity contribution in [2.75, 3.05) is 0 Å². The summed E-state index contributed by atoms with van der Waals surface area (Å²) in [5.41, 5.74) is 1.96. The van der Waals surface area contributed by atoms with Gasteiger partial charge in [-0.25, -0.2) is 0 Å². The van der Waals surface area contributed by atoms with Crippen LogP contribution in [-0.4, -0.2) is 5.60 Å². The Morgan fingerprint density at radius 2 is 1.89 bits per heavy atom. The first-order valence-electron chi connectivity index (χ1n) is 6.62. The van der Waals surface area contributed by atoms with Crippen molar-refractivity contribution in [3.63, 3.8) is 0 Å². The van der Waals surface area contributed by atoms with Gasteiger partial charge in [-0.2, -0.15) is 4.36 Å². The SMILES string of the molecule is C=C(OC(C)(C)C)C(C)CCc1ccc(N=S)cc1. The molecule has 0 saturated heterocycles. The largest absolute Gasteiger partial charge is 0.493 e. The first-order chi connectivity index (χ1) is 8.81. The van der Waals surface area contributed by atoms with E-state index in [1.54, 1.807) is 0 Å². The van der Waals surface area contributed by atoms with Gasteiger partial charge in [-0.15, -0.1) is 0 Å². The zero-order valence-corrected chi connectivity index (χ0v) is 13.1. The third-order valence-electron chi connectivity index (χ3n) is 2.89. The van der Waals surface area contributed by atoms with Crippen LogP contribution in [0, 0.1) is 5.92 Å². The van der Waals surface area contributed by atoms with Crippen LogP contribution in [0.15, 0.2) is 41.0 Å². The summed E-state index contributed by atoms with van der Waals surface area (Å²) >= 11 is 4.65. The van der Waals surface area contributed by atoms with Crippen LogP contribution in [0.1, 0.15) is 39.7 Å². The minimum Gasteiger partial charge on any atom is -0.493 e. The zero-order chi connectivity index (χ0) is 14.5. The molecule has 1 rings (SSSR count). The molecule has 0 amide bonds. The highest BCUT2D eigenvalue weighted by Crippen LogP contribution is 2.23. The fourth-order valence-electron chi connectivity index (χ4n) is 1.76. The lowest BCUT2D eigenvalue weighted by Gasteiger charge is -2.26. The van der Waals surface area contributed by atoms with Crippen molar-refractivity contribution in [1.29, 1.82) is 0 Å². The maximum Gasteiger partial charge on any atom is 0.100 e. The molecule has 0 aromatic heterocycles. The molecule has 1 unspecified atom stereocenters. The molecule has 1 aromatic carbocycles. The number of benzene rings is 1. The van der Waals surface area contributed by atoms with E-state index in [0.717, 1.165) is 24.3 Å². The average Bonchev–Trinajstić information content (AvgIpc) is 2.34. The van der Waals surface area contributed by atoms with Crippen molar-refractivity contribution in [2.24, 2.45) is 10.3 Å². The van der Waals surface area contributed by atoms with Gasteiger partial charge in [0.05, 0.1) is 11.4 Å². The highest BCUT2D eigenvalue weighted by molar-refractivity contribution is 7.47. The second-order valence-electron chi connectivity index (χ2n) is 5.88. The van der Waals surface area contributed by atoms with Crippen LogP contribution >= 0.6 is 0 Å². The lowest BCUT2D eigenvalue weighted by molar-refractivity contribution is 0.0359. The molecule has 0 aliphatic rings. The Morgan fingerprint density at radius 3 is 2.37 bits per heavy atom. The molecule has 0 fully saturated rings. The highest BCUT2D eigenvalue weighted by Gasteiger charge is 2.16. The first-order valence-corrected chi connectivity index (χ1v) is 6.98. The summed E-state index contributed by atoms with van der Waals surface area (Å²) in [6.07, 6.45) is 2.03. The Hall–Kier alpha value is -1.22. The first kappa shape index (κ1) is 15.8. The fraction of sp³-hybridized carbons (Fsp3) is 0.500. The van der Waals surface area contributed by atoms with Crippen molar-refractivity contribution >= 4 is 18.1 Å². The number of allylic oxidation sites excluding steroid dienone is 1. The van der Waals surface area contributed by atoms with E-state index < -0.39 is 0 Å². The van der Waals surface area contributed by atoms with Crippen molar-refractivity contribution in [1.82, 2.24) is 0 Å².